The number of fused-ring (bicyclic) bond motifs is 1. The quantitative estimate of drug-likeness (QED) is 0.463. The van der Waals surface area contributed by atoms with Crippen LogP contribution >= 0.6 is 11.3 Å². The molecular weight excluding hydrogens is 544 g/mol. The summed E-state index contributed by atoms with van der Waals surface area (Å²) in [6.07, 6.45) is 4.52. The molecule has 0 spiro atoms. The summed E-state index contributed by atoms with van der Waals surface area (Å²) in [6.45, 7) is 10.0. The van der Waals surface area contributed by atoms with Crippen molar-refractivity contribution in [1.82, 2.24) is 4.90 Å². The molecule has 41 heavy (non-hydrogen) atoms. The zero-order valence-electron chi connectivity index (χ0n) is 24.5. The maximum atomic E-state index is 14.1. The van der Waals surface area contributed by atoms with Crippen LogP contribution in [0.2, 0.25) is 0 Å². The number of nitrogens with zero attached hydrogens (tertiary/aromatic N) is 2. The fourth-order valence-corrected chi connectivity index (χ4v) is 7.12. The van der Waals surface area contributed by atoms with Gasteiger partial charge in [0.1, 0.15) is 11.0 Å². The molecule has 4 aliphatic rings. The van der Waals surface area contributed by atoms with Gasteiger partial charge >= 0.3 is 12.1 Å². The van der Waals surface area contributed by atoms with E-state index in [1.807, 2.05) is 20.8 Å². The van der Waals surface area contributed by atoms with E-state index in [1.54, 1.807) is 15.9 Å². The van der Waals surface area contributed by atoms with Gasteiger partial charge in [-0.25, -0.2) is 9.59 Å². The number of aromatic carboxylic acids is 1. The van der Waals surface area contributed by atoms with Crippen LogP contribution in [0.15, 0.2) is 6.07 Å². The average Bonchev–Trinajstić information content (AvgIpc) is 3.66. The maximum absolute atomic E-state index is 14.1. The van der Waals surface area contributed by atoms with Crippen LogP contribution in [-0.2, 0) is 19.0 Å². The lowest BCUT2D eigenvalue weighted by molar-refractivity contribution is -0.124. The SMILES string of the molecule is CC1CCC(C(=O)N(c2cc(C#CC(C)(C)C)sc2C(=O)O)C2CCN(C(=O)O[C@H]3COC4OCCC43)CC2)CC1. The highest BCUT2D eigenvalue weighted by Gasteiger charge is 2.45. The molecule has 224 valence electrons. The van der Waals surface area contributed by atoms with Gasteiger partial charge in [-0.15, -0.1) is 11.3 Å². The molecule has 10 heteroatoms. The highest BCUT2D eigenvalue weighted by atomic mass is 32.1. The smallest absolute Gasteiger partial charge is 0.410 e. The van der Waals surface area contributed by atoms with Gasteiger partial charge in [-0.3, -0.25) is 4.79 Å². The first-order valence-electron chi connectivity index (χ1n) is 14.9. The number of anilines is 1. The highest BCUT2D eigenvalue weighted by Crippen LogP contribution is 2.38. The standard InChI is InChI=1S/C31H42N2O7S/c1-19-5-7-20(8-6-19)27(34)33(24-17-22(9-13-31(2,3)4)41-26(24)28(35)36)21-10-14-32(15-11-21)30(37)40-25-18-39-29-23(25)12-16-38-29/h17,19-21,23,25,29H,5-8,10-12,14-16,18H2,1-4H3,(H,35,36)/t19?,20?,23?,25-,29?/m0/s1. The summed E-state index contributed by atoms with van der Waals surface area (Å²) in [7, 11) is 0. The van der Waals surface area contributed by atoms with Crippen molar-refractivity contribution in [3.05, 3.63) is 15.8 Å². The van der Waals surface area contributed by atoms with Gasteiger partial charge in [0, 0.05) is 30.5 Å². The number of thiophene rings is 1. The molecule has 9 nitrogen and oxygen atoms in total. The lowest BCUT2D eigenvalue weighted by atomic mass is 9.82. The molecule has 0 radical (unpaired) electrons. The van der Waals surface area contributed by atoms with E-state index in [1.165, 1.54) is 0 Å². The molecule has 1 aliphatic carbocycles. The van der Waals surface area contributed by atoms with Crippen LogP contribution in [0.25, 0.3) is 0 Å². The normalized spacial score (nSPS) is 28.5. The molecule has 1 N–H and O–H groups in total. The molecule has 4 heterocycles. The van der Waals surface area contributed by atoms with E-state index >= 15 is 0 Å². The largest absolute Gasteiger partial charge is 0.477 e. The lowest BCUT2D eigenvalue weighted by Crippen LogP contribution is -2.51. The van der Waals surface area contributed by atoms with Gasteiger partial charge in [-0.2, -0.15) is 0 Å². The minimum Gasteiger partial charge on any atom is -0.477 e. The molecule has 2 amide bonds. The molecule has 3 saturated heterocycles. The third kappa shape index (κ3) is 6.90. The van der Waals surface area contributed by atoms with Crippen molar-refractivity contribution >= 4 is 35.0 Å². The first-order valence-corrected chi connectivity index (χ1v) is 15.7. The fraction of sp³-hybridized carbons (Fsp3) is 0.710. The van der Waals surface area contributed by atoms with Crippen molar-refractivity contribution < 1.29 is 33.7 Å². The van der Waals surface area contributed by atoms with Crippen molar-refractivity contribution in [2.75, 3.05) is 31.2 Å². The van der Waals surface area contributed by atoms with Crippen molar-refractivity contribution in [2.45, 2.75) is 91.1 Å². The van der Waals surface area contributed by atoms with Gasteiger partial charge < -0.3 is 29.1 Å². The highest BCUT2D eigenvalue weighted by molar-refractivity contribution is 7.15. The number of hydrogen-bond donors (Lipinski definition) is 1. The van der Waals surface area contributed by atoms with E-state index in [0.717, 1.165) is 43.4 Å². The number of ether oxygens (including phenoxy) is 3. The number of hydrogen-bond acceptors (Lipinski definition) is 7. The van der Waals surface area contributed by atoms with Crippen molar-refractivity contribution in [3.63, 3.8) is 0 Å². The van der Waals surface area contributed by atoms with Crippen LogP contribution in [-0.4, -0.2) is 72.7 Å². The second kappa shape index (κ2) is 12.3. The average molecular weight is 587 g/mol. The van der Waals surface area contributed by atoms with Gasteiger partial charge in [-0.05, 0) is 77.7 Å². The van der Waals surface area contributed by atoms with E-state index in [9.17, 15) is 19.5 Å². The summed E-state index contributed by atoms with van der Waals surface area (Å²) in [6, 6.07) is 1.56. The van der Waals surface area contributed by atoms with Gasteiger partial charge in [0.05, 0.1) is 29.7 Å². The summed E-state index contributed by atoms with van der Waals surface area (Å²) in [5.74, 6) is 5.78. The lowest BCUT2D eigenvalue weighted by Gasteiger charge is -2.40. The van der Waals surface area contributed by atoms with E-state index in [-0.39, 0.29) is 52.6 Å². The van der Waals surface area contributed by atoms with E-state index in [4.69, 9.17) is 14.2 Å². The maximum Gasteiger partial charge on any atom is 0.410 e. The predicted molar refractivity (Wildman–Crippen MR) is 155 cm³/mol. The van der Waals surface area contributed by atoms with E-state index in [2.05, 4.69) is 18.8 Å². The number of carbonyl (C=O) groups is 3. The Labute approximate surface area is 246 Å². The summed E-state index contributed by atoms with van der Waals surface area (Å²) in [5.41, 5.74) is 0.195. The number of rotatable bonds is 5. The summed E-state index contributed by atoms with van der Waals surface area (Å²) in [5, 5.41) is 10.1. The minimum absolute atomic E-state index is 0.0102. The van der Waals surface area contributed by atoms with Crippen LogP contribution in [0.5, 0.6) is 0 Å². The fourth-order valence-electron chi connectivity index (χ4n) is 6.28. The summed E-state index contributed by atoms with van der Waals surface area (Å²) >= 11 is 1.12. The summed E-state index contributed by atoms with van der Waals surface area (Å²) in [4.78, 5) is 43.8. The van der Waals surface area contributed by atoms with Gasteiger partial charge in [-0.1, -0.05) is 18.8 Å². The first kappa shape index (κ1) is 29.9. The Morgan fingerprint density at radius 1 is 1.07 bits per heavy atom. The molecule has 2 unspecified atom stereocenters. The number of carboxylic acids is 1. The number of piperidine rings is 1. The molecular formula is C31H42N2O7S. The zero-order chi connectivity index (χ0) is 29.3. The van der Waals surface area contributed by atoms with Gasteiger partial charge in [0.25, 0.3) is 0 Å². The molecule has 1 aromatic heterocycles. The minimum atomic E-state index is -1.06. The Balaban J connectivity index is 1.34. The number of carbonyl (C=O) groups excluding carboxylic acids is 2. The number of carboxylic acid groups (broad SMARTS) is 1. The Morgan fingerprint density at radius 3 is 2.44 bits per heavy atom. The van der Waals surface area contributed by atoms with Crippen LogP contribution in [0, 0.1) is 35.0 Å². The molecule has 3 aliphatic heterocycles. The third-order valence-electron chi connectivity index (χ3n) is 8.65. The zero-order valence-corrected chi connectivity index (χ0v) is 25.3. The monoisotopic (exact) mass is 586 g/mol. The Kier molecular flexibility index (Phi) is 8.98. The number of amides is 2. The molecule has 0 aromatic carbocycles. The number of likely N-dealkylation sites (tertiary alicyclic amines) is 1. The topological polar surface area (TPSA) is 106 Å². The second-order valence-electron chi connectivity index (χ2n) is 13.0. The van der Waals surface area contributed by atoms with Crippen LogP contribution < -0.4 is 4.90 Å². The molecule has 1 aromatic rings. The van der Waals surface area contributed by atoms with Crippen molar-refractivity contribution in [3.8, 4) is 11.8 Å². The van der Waals surface area contributed by atoms with E-state index in [0.29, 0.717) is 55.6 Å². The van der Waals surface area contributed by atoms with Gasteiger partial charge in [0.15, 0.2) is 6.29 Å². The van der Waals surface area contributed by atoms with Crippen LogP contribution in [0.1, 0.15) is 87.2 Å². The van der Waals surface area contributed by atoms with Crippen molar-refractivity contribution in [2.24, 2.45) is 23.2 Å². The Hall–Kier alpha value is -2.61. The Morgan fingerprint density at radius 2 is 1.78 bits per heavy atom. The van der Waals surface area contributed by atoms with Gasteiger partial charge in [0.2, 0.25) is 5.91 Å². The predicted octanol–water partition coefficient (Wildman–Crippen LogP) is 5.37. The molecule has 5 rings (SSSR count). The molecule has 3 atom stereocenters. The summed E-state index contributed by atoms with van der Waals surface area (Å²) < 4.78 is 17.0. The van der Waals surface area contributed by atoms with E-state index < -0.39 is 5.97 Å². The van der Waals surface area contributed by atoms with Crippen molar-refractivity contribution in [1.29, 1.82) is 0 Å². The molecule has 1 saturated carbocycles. The molecule has 0 bridgehead atoms. The third-order valence-corrected chi connectivity index (χ3v) is 9.68. The Bertz CT molecular complexity index is 1200. The second-order valence-corrected chi connectivity index (χ2v) is 14.0. The van der Waals surface area contributed by atoms with Crippen LogP contribution in [0.3, 0.4) is 0 Å². The van der Waals surface area contributed by atoms with Crippen LogP contribution in [0.4, 0.5) is 10.5 Å². The first-order chi connectivity index (χ1) is 19.5. The molecule has 4 fully saturated rings.